The van der Waals surface area contributed by atoms with E-state index in [1.54, 1.807) is 6.20 Å². The highest BCUT2D eigenvalue weighted by atomic mass is 32.1. The van der Waals surface area contributed by atoms with Crippen LogP contribution >= 0.6 is 11.3 Å². The van der Waals surface area contributed by atoms with Crippen LogP contribution < -0.4 is 10.5 Å². The second-order valence-corrected chi connectivity index (χ2v) is 8.34. The molecule has 1 N–H and O–H groups in total. The van der Waals surface area contributed by atoms with Crippen LogP contribution in [0.1, 0.15) is 27.3 Å². The summed E-state index contributed by atoms with van der Waals surface area (Å²) in [5.74, 6) is 0.621. The van der Waals surface area contributed by atoms with E-state index in [4.69, 9.17) is 4.98 Å². The van der Waals surface area contributed by atoms with Crippen LogP contribution in [-0.2, 0) is 25.9 Å². The van der Waals surface area contributed by atoms with E-state index in [-0.39, 0.29) is 5.56 Å². The summed E-state index contributed by atoms with van der Waals surface area (Å²) in [6, 6.07) is 6.11. The van der Waals surface area contributed by atoms with Crippen molar-refractivity contribution in [1.82, 2.24) is 19.9 Å². The van der Waals surface area contributed by atoms with Crippen LogP contribution in [0, 0.1) is 6.92 Å². The number of H-pyrrole nitrogens is 1. The third-order valence-electron chi connectivity index (χ3n) is 5.27. The molecule has 0 amide bonds. The van der Waals surface area contributed by atoms with Crippen LogP contribution in [0.25, 0.3) is 0 Å². The zero-order valence-corrected chi connectivity index (χ0v) is 17.1. The molecule has 0 unspecified atom stereocenters. The Morgan fingerprint density at radius 2 is 2.14 bits per heavy atom. The third kappa shape index (κ3) is 4.15. The fraction of sp³-hybridized carbons (Fsp3) is 0.381. The van der Waals surface area contributed by atoms with Crippen LogP contribution in [-0.4, -0.2) is 40.0 Å². The third-order valence-corrected chi connectivity index (χ3v) is 6.28. The molecule has 0 saturated heterocycles. The number of hydrogen-bond acceptors (Lipinski definition) is 6. The Labute approximate surface area is 168 Å². The molecule has 0 aromatic carbocycles. The molecule has 146 valence electrons. The van der Waals surface area contributed by atoms with Gasteiger partial charge in [-0.05, 0) is 42.0 Å². The molecule has 1 aliphatic heterocycles. The number of nitrogens with zero attached hydrogens (tertiary/aromatic N) is 4. The van der Waals surface area contributed by atoms with E-state index in [2.05, 4.69) is 33.2 Å². The summed E-state index contributed by atoms with van der Waals surface area (Å²) in [5, 5.41) is 2.15. The van der Waals surface area contributed by atoms with Crippen LogP contribution in [0.5, 0.6) is 0 Å². The van der Waals surface area contributed by atoms with Gasteiger partial charge in [0.05, 0.1) is 5.69 Å². The highest BCUT2D eigenvalue weighted by Gasteiger charge is 2.20. The summed E-state index contributed by atoms with van der Waals surface area (Å²) in [4.78, 5) is 30.5. The lowest BCUT2D eigenvalue weighted by Gasteiger charge is -2.19. The van der Waals surface area contributed by atoms with Crippen molar-refractivity contribution in [2.75, 3.05) is 25.0 Å². The van der Waals surface area contributed by atoms with Crippen molar-refractivity contribution in [3.05, 3.63) is 73.6 Å². The van der Waals surface area contributed by atoms with Gasteiger partial charge in [-0.15, -0.1) is 11.3 Å². The van der Waals surface area contributed by atoms with E-state index in [9.17, 15) is 4.79 Å². The molecule has 1 aliphatic rings. The number of anilines is 1. The van der Waals surface area contributed by atoms with Gasteiger partial charge >= 0.3 is 0 Å². The van der Waals surface area contributed by atoms with E-state index in [1.165, 1.54) is 10.4 Å². The number of hydrogen-bond donors (Lipinski definition) is 1. The molecular formula is C21H25N5OS. The monoisotopic (exact) mass is 395 g/mol. The number of thiophene rings is 1. The van der Waals surface area contributed by atoms with Crippen LogP contribution in [0.4, 0.5) is 5.95 Å². The van der Waals surface area contributed by atoms with Crippen molar-refractivity contribution in [3.63, 3.8) is 0 Å². The SMILES string of the molecule is Cc1ccsc1CN1CCc2nc(N(C)Cc3cccnc3)[nH]c(=O)c2CC1. The average Bonchev–Trinajstić information content (AvgIpc) is 2.97. The van der Waals surface area contributed by atoms with E-state index in [0.717, 1.165) is 49.3 Å². The molecule has 6 nitrogen and oxygen atoms in total. The highest BCUT2D eigenvalue weighted by molar-refractivity contribution is 7.10. The van der Waals surface area contributed by atoms with Gasteiger partial charge in [-0.25, -0.2) is 4.98 Å². The molecule has 0 aliphatic carbocycles. The first-order valence-corrected chi connectivity index (χ1v) is 10.5. The molecule has 0 atom stereocenters. The van der Waals surface area contributed by atoms with Gasteiger partial charge in [0, 0.05) is 62.5 Å². The molecule has 0 fully saturated rings. The number of aromatic nitrogens is 3. The van der Waals surface area contributed by atoms with E-state index < -0.39 is 0 Å². The van der Waals surface area contributed by atoms with Crippen molar-refractivity contribution in [2.45, 2.75) is 32.9 Å². The first kappa shape index (κ1) is 18.8. The van der Waals surface area contributed by atoms with Gasteiger partial charge in [0.2, 0.25) is 5.95 Å². The summed E-state index contributed by atoms with van der Waals surface area (Å²) in [6.07, 6.45) is 5.14. The smallest absolute Gasteiger partial charge is 0.255 e. The lowest BCUT2D eigenvalue weighted by Crippen LogP contribution is -2.26. The zero-order chi connectivity index (χ0) is 19.5. The van der Waals surface area contributed by atoms with E-state index in [0.29, 0.717) is 12.5 Å². The minimum absolute atomic E-state index is 0.00723. The number of aromatic amines is 1. The Balaban J connectivity index is 1.50. The predicted octanol–water partition coefficient (Wildman–Crippen LogP) is 2.77. The second-order valence-electron chi connectivity index (χ2n) is 7.34. The molecule has 0 radical (unpaired) electrons. The molecule has 0 saturated carbocycles. The number of pyridine rings is 1. The molecule has 7 heteroatoms. The predicted molar refractivity (Wildman–Crippen MR) is 113 cm³/mol. The Morgan fingerprint density at radius 3 is 2.89 bits per heavy atom. The normalized spacial score (nSPS) is 14.5. The lowest BCUT2D eigenvalue weighted by atomic mass is 10.1. The first-order chi connectivity index (χ1) is 13.6. The Hall–Kier alpha value is -2.51. The van der Waals surface area contributed by atoms with E-state index in [1.807, 2.05) is 41.6 Å². The summed E-state index contributed by atoms with van der Waals surface area (Å²) < 4.78 is 0. The minimum Gasteiger partial charge on any atom is -0.341 e. The first-order valence-electron chi connectivity index (χ1n) is 9.57. The van der Waals surface area contributed by atoms with Gasteiger partial charge in [-0.2, -0.15) is 0 Å². The number of aryl methyl sites for hydroxylation is 1. The van der Waals surface area contributed by atoms with Gasteiger partial charge < -0.3 is 4.90 Å². The fourth-order valence-corrected chi connectivity index (χ4v) is 4.54. The van der Waals surface area contributed by atoms with Crippen molar-refractivity contribution >= 4 is 17.3 Å². The Kier molecular flexibility index (Phi) is 5.54. The zero-order valence-electron chi connectivity index (χ0n) is 16.3. The van der Waals surface area contributed by atoms with Crippen molar-refractivity contribution in [3.8, 4) is 0 Å². The largest absolute Gasteiger partial charge is 0.341 e. The second kappa shape index (κ2) is 8.24. The van der Waals surface area contributed by atoms with Gasteiger partial charge in [0.15, 0.2) is 0 Å². The maximum absolute atomic E-state index is 12.7. The summed E-state index contributed by atoms with van der Waals surface area (Å²) in [7, 11) is 1.94. The summed E-state index contributed by atoms with van der Waals surface area (Å²) in [5.41, 5.74) is 4.19. The van der Waals surface area contributed by atoms with E-state index >= 15 is 0 Å². The molecule has 0 spiro atoms. The number of nitrogens with one attached hydrogen (secondary N) is 1. The van der Waals surface area contributed by atoms with Crippen molar-refractivity contribution < 1.29 is 0 Å². The van der Waals surface area contributed by atoms with Crippen LogP contribution in [0.15, 0.2) is 40.8 Å². The van der Waals surface area contributed by atoms with Gasteiger partial charge in [-0.3, -0.25) is 19.7 Å². The standard InChI is InChI=1S/C21H25N5OS/c1-15-7-11-28-19(15)14-26-9-5-17-18(6-10-26)23-21(24-20(17)27)25(2)13-16-4-3-8-22-12-16/h3-4,7-8,11-12H,5-6,9-10,13-14H2,1-2H3,(H,23,24,27). The van der Waals surface area contributed by atoms with Crippen molar-refractivity contribution in [1.29, 1.82) is 0 Å². The lowest BCUT2D eigenvalue weighted by molar-refractivity contribution is 0.281. The fourth-order valence-electron chi connectivity index (χ4n) is 3.59. The van der Waals surface area contributed by atoms with Gasteiger partial charge in [0.1, 0.15) is 0 Å². The van der Waals surface area contributed by atoms with Gasteiger partial charge in [0.25, 0.3) is 5.56 Å². The molecular weight excluding hydrogens is 370 g/mol. The molecule has 28 heavy (non-hydrogen) atoms. The summed E-state index contributed by atoms with van der Waals surface area (Å²) in [6.45, 7) is 5.57. The summed E-state index contributed by atoms with van der Waals surface area (Å²) >= 11 is 1.81. The van der Waals surface area contributed by atoms with Crippen LogP contribution in [0.3, 0.4) is 0 Å². The number of fused-ring (bicyclic) bond motifs is 1. The average molecular weight is 396 g/mol. The van der Waals surface area contributed by atoms with Gasteiger partial charge in [-0.1, -0.05) is 6.07 Å². The molecule has 3 aromatic rings. The Morgan fingerprint density at radius 1 is 1.29 bits per heavy atom. The molecule has 4 heterocycles. The molecule has 0 bridgehead atoms. The molecule has 3 aromatic heterocycles. The highest BCUT2D eigenvalue weighted by Crippen LogP contribution is 2.20. The van der Waals surface area contributed by atoms with Crippen molar-refractivity contribution in [2.24, 2.45) is 0 Å². The quantitative estimate of drug-likeness (QED) is 0.720. The maximum Gasteiger partial charge on any atom is 0.255 e. The number of rotatable bonds is 5. The topological polar surface area (TPSA) is 65.1 Å². The molecule has 4 rings (SSSR count). The van der Waals surface area contributed by atoms with Crippen LogP contribution in [0.2, 0.25) is 0 Å². The minimum atomic E-state index is -0.00723. The maximum atomic E-state index is 12.7. The Bertz CT molecular complexity index is 998.